The van der Waals surface area contributed by atoms with Gasteiger partial charge >= 0.3 is 6.18 Å². The second-order valence-electron chi connectivity index (χ2n) is 4.93. The standard InChI is InChI=1S/C13H13F3O2/c1-12(2,17)6-8-7-18-11-9(8)4-3-5-10(11)13(14,15)16/h3-5,7,17H,6H2,1-2H3. The molecule has 2 rings (SSSR count). The molecule has 2 aromatic rings. The molecule has 1 aromatic heterocycles. The molecule has 18 heavy (non-hydrogen) atoms. The zero-order valence-electron chi connectivity index (χ0n) is 10.0. The van der Waals surface area contributed by atoms with E-state index in [2.05, 4.69) is 0 Å². The highest BCUT2D eigenvalue weighted by Gasteiger charge is 2.34. The van der Waals surface area contributed by atoms with Crippen molar-refractivity contribution in [1.29, 1.82) is 0 Å². The van der Waals surface area contributed by atoms with Gasteiger partial charge in [-0.3, -0.25) is 0 Å². The molecule has 0 amide bonds. The summed E-state index contributed by atoms with van der Waals surface area (Å²) in [7, 11) is 0. The first kappa shape index (κ1) is 13.0. The topological polar surface area (TPSA) is 33.4 Å². The summed E-state index contributed by atoms with van der Waals surface area (Å²) >= 11 is 0. The van der Waals surface area contributed by atoms with Gasteiger partial charge in [-0.15, -0.1) is 0 Å². The summed E-state index contributed by atoms with van der Waals surface area (Å²) < 4.78 is 43.3. The maximum absolute atomic E-state index is 12.8. The van der Waals surface area contributed by atoms with Crippen LogP contribution < -0.4 is 0 Å². The van der Waals surface area contributed by atoms with E-state index in [-0.39, 0.29) is 12.0 Å². The fourth-order valence-electron chi connectivity index (χ4n) is 1.94. The summed E-state index contributed by atoms with van der Waals surface area (Å²) in [5, 5.41) is 10.1. The molecule has 0 aliphatic rings. The molecule has 98 valence electrons. The third-order valence-corrected chi connectivity index (χ3v) is 2.61. The normalized spacial score (nSPS) is 13.2. The number of alkyl halides is 3. The first-order valence-electron chi connectivity index (χ1n) is 5.47. The van der Waals surface area contributed by atoms with Crippen molar-refractivity contribution < 1.29 is 22.7 Å². The number of halogens is 3. The number of benzene rings is 1. The van der Waals surface area contributed by atoms with E-state index in [4.69, 9.17) is 4.42 Å². The van der Waals surface area contributed by atoms with Crippen molar-refractivity contribution in [2.24, 2.45) is 0 Å². The van der Waals surface area contributed by atoms with Crippen molar-refractivity contribution in [1.82, 2.24) is 0 Å². The summed E-state index contributed by atoms with van der Waals surface area (Å²) in [6, 6.07) is 3.89. The number of rotatable bonds is 2. The van der Waals surface area contributed by atoms with Crippen LogP contribution in [0, 0.1) is 0 Å². The molecule has 0 unspecified atom stereocenters. The van der Waals surface area contributed by atoms with Gasteiger partial charge in [-0.25, -0.2) is 0 Å². The first-order chi connectivity index (χ1) is 8.18. The van der Waals surface area contributed by atoms with Crippen LogP contribution in [0.25, 0.3) is 11.0 Å². The van der Waals surface area contributed by atoms with Gasteiger partial charge in [0.25, 0.3) is 0 Å². The van der Waals surface area contributed by atoms with Crippen LogP contribution in [0.1, 0.15) is 25.0 Å². The van der Waals surface area contributed by atoms with Gasteiger partial charge in [0, 0.05) is 17.4 Å². The molecule has 0 radical (unpaired) electrons. The lowest BCUT2D eigenvalue weighted by molar-refractivity contribution is -0.136. The molecule has 0 atom stereocenters. The third-order valence-electron chi connectivity index (χ3n) is 2.61. The predicted molar refractivity (Wildman–Crippen MR) is 61.2 cm³/mol. The molecular weight excluding hydrogens is 245 g/mol. The monoisotopic (exact) mass is 258 g/mol. The van der Waals surface area contributed by atoms with E-state index in [0.717, 1.165) is 6.07 Å². The largest absolute Gasteiger partial charge is 0.463 e. The van der Waals surface area contributed by atoms with Gasteiger partial charge < -0.3 is 9.52 Å². The van der Waals surface area contributed by atoms with E-state index in [9.17, 15) is 18.3 Å². The molecule has 0 saturated carbocycles. The Morgan fingerprint density at radius 1 is 1.22 bits per heavy atom. The van der Waals surface area contributed by atoms with E-state index in [1.54, 1.807) is 19.9 Å². The first-order valence-corrected chi connectivity index (χ1v) is 5.47. The highest BCUT2D eigenvalue weighted by atomic mass is 19.4. The molecule has 0 saturated heterocycles. The molecule has 1 N–H and O–H groups in total. The van der Waals surface area contributed by atoms with Crippen LogP contribution in [0.15, 0.2) is 28.9 Å². The Balaban J connectivity index is 2.56. The van der Waals surface area contributed by atoms with Crippen LogP contribution in [0.5, 0.6) is 0 Å². The van der Waals surface area contributed by atoms with Gasteiger partial charge in [0.15, 0.2) is 0 Å². The number of para-hydroxylation sites is 1. The average Bonchev–Trinajstić information content (AvgIpc) is 2.57. The van der Waals surface area contributed by atoms with Gasteiger partial charge in [0.1, 0.15) is 5.58 Å². The van der Waals surface area contributed by atoms with Crippen LogP contribution in [-0.2, 0) is 12.6 Å². The summed E-state index contributed by atoms with van der Waals surface area (Å²) in [5.74, 6) is 0. The maximum atomic E-state index is 12.8. The SMILES string of the molecule is CC(C)(O)Cc1coc2c(C(F)(F)F)cccc12. The minimum atomic E-state index is -4.44. The van der Waals surface area contributed by atoms with Crippen molar-refractivity contribution >= 4 is 11.0 Å². The van der Waals surface area contributed by atoms with Crippen molar-refractivity contribution in [2.75, 3.05) is 0 Å². The molecule has 0 bridgehead atoms. The van der Waals surface area contributed by atoms with Crippen molar-refractivity contribution in [2.45, 2.75) is 32.0 Å². The Kier molecular flexibility index (Phi) is 2.89. The van der Waals surface area contributed by atoms with Gasteiger partial charge in [0.05, 0.1) is 17.4 Å². The third kappa shape index (κ3) is 2.51. The fourth-order valence-corrected chi connectivity index (χ4v) is 1.94. The number of furan rings is 1. The summed E-state index contributed by atoms with van der Waals surface area (Å²) in [4.78, 5) is 0. The Hall–Kier alpha value is -1.49. The van der Waals surface area contributed by atoms with E-state index in [1.165, 1.54) is 12.3 Å². The highest BCUT2D eigenvalue weighted by molar-refractivity contribution is 5.84. The molecule has 0 aliphatic heterocycles. The Morgan fingerprint density at radius 2 is 1.89 bits per heavy atom. The number of aliphatic hydroxyl groups is 1. The maximum Gasteiger partial charge on any atom is 0.420 e. The zero-order chi connectivity index (χ0) is 13.6. The highest BCUT2D eigenvalue weighted by Crippen LogP contribution is 2.37. The smallest absolute Gasteiger partial charge is 0.420 e. The molecular formula is C13H13F3O2. The molecule has 0 spiro atoms. The number of hydrogen-bond donors (Lipinski definition) is 1. The molecule has 2 nitrogen and oxygen atoms in total. The second kappa shape index (κ2) is 4.02. The zero-order valence-corrected chi connectivity index (χ0v) is 10.0. The summed E-state index contributed by atoms with van der Waals surface area (Å²) in [6.07, 6.45) is -2.93. The quantitative estimate of drug-likeness (QED) is 0.889. The lowest BCUT2D eigenvalue weighted by atomic mass is 9.97. The Morgan fingerprint density at radius 3 is 2.44 bits per heavy atom. The molecule has 1 heterocycles. The Labute approximate surface area is 102 Å². The van der Waals surface area contributed by atoms with Crippen LogP contribution >= 0.6 is 0 Å². The van der Waals surface area contributed by atoms with Crippen LogP contribution in [0.4, 0.5) is 13.2 Å². The van der Waals surface area contributed by atoms with Gasteiger partial charge in [0.2, 0.25) is 0 Å². The lowest BCUT2D eigenvalue weighted by Crippen LogP contribution is -2.21. The second-order valence-corrected chi connectivity index (χ2v) is 4.93. The van der Waals surface area contributed by atoms with Crippen molar-refractivity contribution in [3.05, 3.63) is 35.6 Å². The van der Waals surface area contributed by atoms with Crippen molar-refractivity contribution in [3.8, 4) is 0 Å². The van der Waals surface area contributed by atoms with Crippen LogP contribution in [0.2, 0.25) is 0 Å². The summed E-state index contributed by atoms with van der Waals surface area (Å²) in [5.41, 5.74) is -1.39. The molecule has 5 heteroatoms. The fraction of sp³-hybridized carbons (Fsp3) is 0.385. The van der Waals surface area contributed by atoms with Crippen molar-refractivity contribution in [3.63, 3.8) is 0 Å². The Bertz CT molecular complexity index is 562. The molecule has 0 aliphatic carbocycles. The van der Waals surface area contributed by atoms with Gasteiger partial charge in [-0.05, 0) is 19.9 Å². The number of fused-ring (bicyclic) bond motifs is 1. The predicted octanol–water partition coefficient (Wildman–Crippen LogP) is 3.77. The lowest BCUT2D eigenvalue weighted by Gasteiger charge is -2.15. The van der Waals surface area contributed by atoms with Gasteiger partial charge in [-0.2, -0.15) is 13.2 Å². The van der Waals surface area contributed by atoms with E-state index in [1.807, 2.05) is 0 Å². The molecule has 0 fully saturated rings. The summed E-state index contributed by atoms with van der Waals surface area (Å²) in [6.45, 7) is 3.19. The molecule has 1 aromatic carbocycles. The minimum absolute atomic E-state index is 0.177. The number of hydrogen-bond acceptors (Lipinski definition) is 2. The van der Waals surface area contributed by atoms with Crippen LogP contribution in [-0.4, -0.2) is 10.7 Å². The average molecular weight is 258 g/mol. The van der Waals surface area contributed by atoms with E-state index >= 15 is 0 Å². The minimum Gasteiger partial charge on any atom is -0.463 e. The van der Waals surface area contributed by atoms with Gasteiger partial charge in [-0.1, -0.05) is 12.1 Å². The van der Waals surface area contributed by atoms with E-state index < -0.39 is 17.3 Å². The van der Waals surface area contributed by atoms with E-state index in [0.29, 0.717) is 10.9 Å². The van der Waals surface area contributed by atoms with Crippen LogP contribution in [0.3, 0.4) is 0 Å².